The number of halogens is 2. The van der Waals surface area contributed by atoms with Gasteiger partial charge in [-0.05, 0) is 61.0 Å². The van der Waals surface area contributed by atoms with Crippen LogP contribution in [0.25, 0.3) is 11.3 Å². The number of non-ortho nitro benzene ring substituents is 1. The molecule has 1 aliphatic heterocycles. The Labute approximate surface area is 235 Å². The van der Waals surface area contributed by atoms with Crippen molar-refractivity contribution in [2.24, 2.45) is 10.1 Å². The molecule has 1 aliphatic rings. The fourth-order valence-electron chi connectivity index (χ4n) is 4.17. The number of benzene rings is 4. The normalized spacial score (nSPS) is 13.0. The van der Waals surface area contributed by atoms with E-state index in [-0.39, 0.29) is 11.4 Å². The zero-order chi connectivity index (χ0) is 27.8. The van der Waals surface area contributed by atoms with E-state index in [0.717, 1.165) is 38.9 Å². The number of nitrogens with one attached hydrogen (secondary N) is 1. The van der Waals surface area contributed by atoms with Crippen LogP contribution in [0.15, 0.2) is 110 Å². The Morgan fingerprint density at radius 2 is 1.73 bits per heavy atom. The van der Waals surface area contributed by atoms with E-state index in [1.807, 2.05) is 43.3 Å². The van der Waals surface area contributed by atoms with E-state index in [2.05, 4.69) is 16.4 Å². The van der Waals surface area contributed by atoms with Crippen molar-refractivity contribution in [1.29, 1.82) is 0 Å². The number of nitro benzene ring substituents is 1. The molecule has 1 N–H and O–H groups in total. The van der Waals surface area contributed by atoms with Gasteiger partial charge in [0.15, 0.2) is 5.82 Å². The summed E-state index contributed by atoms with van der Waals surface area (Å²) in [5.74, 6) is -1.49. The average molecular weight is 572 g/mol. The third-order valence-corrected chi connectivity index (χ3v) is 8.18. The lowest BCUT2D eigenvalue weighted by atomic mass is 10.1. The molecule has 5 aromatic rings. The number of thiazole rings is 1. The topological polar surface area (TPSA) is 84.8 Å². The third-order valence-electron chi connectivity index (χ3n) is 6.21. The highest BCUT2D eigenvalue weighted by Crippen LogP contribution is 2.44. The molecule has 2 heterocycles. The van der Waals surface area contributed by atoms with E-state index in [9.17, 15) is 18.9 Å². The summed E-state index contributed by atoms with van der Waals surface area (Å²) in [4.78, 5) is 17.7. The van der Waals surface area contributed by atoms with E-state index in [1.54, 1.807) is 34.0 Å². The summed E-state index contributed by atoms with van der Waals surface area (Å²) in [5.41, 5.74) is 4.72. The Balaban J connectivity index is 1.45. The van der Waals surface area contributed by atoms with Crippen molar-refractivity contribution in [2.45, 2.75) is 16.7 Å². The lowest BCUT2D eigenvalue weighted by molar-refractivity contribution is -0.384. The first-order chi connectivity index (χ1) is 19.4. The van der Waals surface area contributed by atoms with Crippen molar-refractivity contribution in [3.05, 3.63) is 122 Å². The maximum atomic E-state index is 14.5. The predicted molar refractivity (Wildman–Crippen MR) is 154 cm³/mol. The summed E-state index contributed by atoms with van der Waals surface area (Å²) >= 11 is 2.91. The molecule has 40 heavy (non-hydrogen) atoms. The molecule has 6 rings (SSSR count). The molecular formula is C29H19F2N5O2S2. The number of nitro groups is 1. The molecule has 1 aromatic heterocycles. The van der Waals surface area contributed by atoms with Crippen LogP contribution in [0.1, 0.15) is 12.5 Å². The standard InChI is InChI=1S/C29H19F2N5O2S2/c1-17(19-8-13-28-25(14-19)32-24-4-2-3-5-27(24)40-28)34-35-26(18-6-10-21(11-7-18)36(37)38)16-39-29(35)33-23-12-9-20(30)15-22(23)31/h2-16,32H,1H3. The van der Waals surface area contributed by atoms with Crippen LogP contribution >= 0.6 is 23.1 Å². The van der Waals surface area contributed by atoms with Gasteiger partial charge in [-0.1, -0.05) is 30.0 Å². The lowest BCUT2D eigenvalue weighted by Gasteiger charge is -2.21. The monoisotopic (exact) mass is 571 g/mol. The van der Waals surface area contributed by atoms with Crippen LogP contribution in [0.4, 0.5) is 31.5 Å². The van der Waals surface area contributed by atoms with Gasteiger partial charge in [-0.25, -0.2) is 18.4 Å². The van der Waals surface area contributed by atoms with Gasteiger partial charge in [0.2, 0.25) is 4.80 Å². The molecule has 4 aromatic carbocycles. The molecule has 0 aliphatic carbocycles. The smallest absolute Gasteiger partial charge is 0.269 e. The number of anilines is 2. The number of nitrogens with zero attached hydrogens (tertiary/aromatic N) is 4. The summed E-state index contributed by atoms with van der Waals surface area (Å²) in [6, 6.07) is 23.4. The van der Waals surface area contributed by atoms with Crippen LogP contribution in [0.3, 0.4) is 0 Å². The van der Waals surface area contributed by atoms with Crippen molar-refractivity contribution in [1.82, 2.24) is 4.68 Å². The Morgan fingerprint density at radius 1 is 0.950 bits per heavy atom. The van der Waals surface area contributed by atoms with Crippen molar-refractivity contribution in [3.63, 3.8) is 0 Å². The zero-order valence-electron chi connectivity index (χ0n) is 20.8. The Hall–Kier alpha value is -4.61. The molecule has 0 saturated carbocycles. The van der Waals surface area contributed by atoms with E-state index < -0.39 is 16.6 Å². The highest BCUT2D eigenvalue weighted by atomic mass is 32.2. The quantitative estimate of drug-likeness (QED) is 0.129. The average Bonchev–Trinajstić information content (AvgIpc) is 3.34. The maximum absolute atomic E-state index is 14.5. The second kappa shape index (κ2) is 10.5. The first kappa shape index (κ1) is 25.7. The molecule has 0 radical (unpaired) electrons. The van der Waals surface area contributed by atoms with E-state index in [1.165, 1.54) is 29.5 Å². The predicted octanol–water partition coefficient (Wildman–Crippen LogP) is 8.12. The minimum absolute atomic E-state index is 0.0335. The molecule has 0 saturated heterocycles. The highest BCUT2D eigenvalue weighted by molar-refractivity contribution is 7.99. The van der Waals surface area contributed by atoms with Gasteiger partial charge in [-0.2, -0.15) is 5.10 Å². The second-order valence-electron chi connectivity index (χ2n) is 8.85. The Morgan fingerprint density at radius 3 is 2.50 bits per heavy atom. The molecule has 0 atom stereocenters. The fraction of sp³-hybridized carbons (Fsp3) is 0.0345. The first-order valence-electron chi connectivity index (χ1n) is 12.0. The molecule has 0 unspecified atom stereocenters. The number of aromatic nitrogens is 1. The summed E-state index contributed by atoms with van der Waals surface area (Å²) in [7, 11) is 0. The molecule has 198 valence electrons. The SMILES string of the molecule is CC(=Nn1c(-c2ccc([N+](=O)[O-])cc2)csc1=Nc1ccc(F)cc1F)c1ccc2c(c1)Nc1ccccc1S2. The molecule has 0 spiro atoms. The van der Waals surface area contributed by atoms with Crippen LogP contribution < -0.4 is 10.1 Å². The lowest BCUT2D eigenvalue weighted by Crippen LogP contribution is -2.14. The van der Waals surface area contributed by atoms with Crippen molar-refractivity contribution in [2.75, 3.05) is 5.32 Å². The highest BCUT2D eigenvalue weighted by Gasteiger charge is 2.17. The van der Waals surface area contributed by atoms with Crippen molar-refractivity contribution in [3.8, 4) is 11.3 Å². The molecule has 7 nitrogen and oxygen atoms in total. The van der Waals surface area contributed by atoms with Crippen LogP contribution in [0.5, 0.6) is 0 Å². The van der Waals surface area contributed by atoms with Gasteiger partial charge in [-0.15, -0.1) is 11.3 Å². The summed E-state index contributed by atoms with van der Waals surface area (Å²) in [6.07, 6.45) is 0. The largest absolute Gasteiger partial charge is 0.354 e. The number of fused-ring (bicyclic) bond motifs is 2. The minimum Gasteiger partial charge on any atom is -0.354 e. The summed E-state index contributed by atoms with van der Waals surface area (Å²) in [6.45, 7) is 1.86. The maximum Gasteiger partial charge on any atom is 0.269 e. The Kier molecular flexibility index (Phi) is 6.74. The van der Waals surface area contributed by atoms with Gasteiger partial charge >= 0.3 is 0 Å². The number of rotatable bonds is 5. The van der Waals surface area contributed by atoms with Crippen LogP contribution in [-0.4, -0.2) is 15.3 Å². The van der Waals surface area contributed by atoms with Crippen LogP contribution in [-0.2, 0) is 0 Å². The van der Waals surface area contributed by atoms with Crippen molar-refractivity contribution < 1.29 is 13.7 Å². The van der Waals surface area contributed by atoms with Gasteiger partial charge in [-0.3, -0.25) is 10.1 Å². The number of hydrogen-bond acceptors (Lipinski definition) is 7. The van der Waals surface area contributed by atoms with E-state index >= 15 is 0 Å². The molecule has 0 fully saturated rings. The van der Waals surface area contributed by atoms with Crippen LogP contribution in [0.2, 0.25) is 0 Å². The summed E-state index contributed by atoms with van der Waals surface area (Å²) < 4.78 is 29.5. The molecule has 11 heteroatoms. The molecule has 0 bridgehead atoms. The van der Waals surface area contributed by atoms with Gasteiger partial charge < -0.3 is 5.32 Å². The zero-order valence-corrected chi connectivity index (χ0v) is 22.5. The van der Waals surface area contributed by atoms with Gasteiger partial charge in [0.05, 0.1) is 27.7 Å². The molecule has 0 amide bonds. The van der Waals surface area contributed by atoms with Gasteiger partial charge in [0.1, 0.15) is 11.5 Å². The number of hydrogen-bond donors (Lipinski definition) is 1. The second-order valence-corrected chi connectivity index (χ2v) is 10.8. The van der Waals surface area contributed by atoms with Gasteiger partial charge in [0.25, 0.3) is 5.69 Å². The van der Waals surface area contributed by atoms with E-state index in [0.29, 0.717) is 21.8 Å². The number of para-hydroxylation sites is 1. The van der Waals surface area contributed by atoms with Crippen molar-refractivity contribution >= 4 is 51.6 Å². The molecular weight excluding hydrogens is 552 g/mol. The fourth-order valence-corrected chi connectivity index (χ4v) is 5.98. The first-order valence-corrected chi connectivity index (χ1v) is 13.7. The third kappa shape index (κ3) is 5.04. The Bertz CT molecular complexity index is 1880. The van der Waals surface area contributed by atoms with E-state index in [4.69, 9.17) is 5.10 Å². The van der Waals surface area contributed by atoms with Gasteiger partial charge in [0, 0.05) is 38.9 Å². The minimum atomic E-state index is -0.795. The summed E-state index contributed by atoms with van der Waals surface area (Å²) in [5, 5.41) is 21.3. The van der Waals surface area contributed by atoms with Crippen LogP contribution in [0, 0.1) is 21.7 Å².